The second kappa shape index (κ2) is 15.3. The molecule has 0 amide bonds. The standard InChI is InChI=1S/C13H11.2C10H15.2ClH.Zr/c1-3-7-12(8-4-1)11-13-9-5-2-6-10-13;2*1-3-9(2)8-10-6-4-5-7-10;;;/h1-11H;2*4,6,9H,3,5,8H2,1-2H3;2*1H;/q;;;;;+2/p-2. The van der Waals surface area contributed by atoms with E-state index in [9.17, 15) is 0 Å². The van der Waals surface area contributed by atoms with Gasteiger partial charge in [-0.25, -0.2) is 0 Å². The Bertz CT molecular complexity index is 980. The van der Waals surface area contributed by atoms with E-state index in [0.29, 0.717) is 3.63 Å². The van der Waals surface area contributed by atoms with E-state index in [1.165, 1.54) is 49.7 Å². The van der Waals surface area contributed by atoms with E-state index in [2.05, 4.69) is 113 Å². The van der Waals surface area contributed by atoms with E-state index in [1.807, 2.05) is 6.56 Å². The average molecular weight is 600 g/mol. The van der Waals surface area contributed by atoms with E-state index in [1.54, 1.807) is 11.1 Å². The van der Waals surface area contributed by atoms with Crippen LogP contribution in [0.15, 0.2) is 103 Å². The molecule has 191 valence electrons. The molecule has 2 unspecified atom stereocenters. The van der Waals surface area contributed by atoms with Gasteiger partial charge in [-0.05, 0) is 0 Å². The van der Waals surface area contributed by atoms with E-state index in [-0.39, 0.29) is 24.8 Å². The van der Waals surface area contributed by atoms with Crippen molar-refractivity contribution in [3.05, 3.63) is 114 Å². The molecule has 0 radical (unpaired) electrons. The number of benzene rings is 2. The third kappa shape index (κ3) is 7.46. The Balaban J connectivity index is 0.00000228. The molecule has 0 N–H and O–H groups in total. The van der Waals surface area contributed by atoms with Gasteiger partial charge in [0.2, 0.25) is 0 Å². The van der Waals surface area contributed by atoms with Crippen LogP contribution in [0.1, 0.15) is 81.0 Å². The van der Waals surface area contributed by atoms with Crippen LogP contribution < -0.4 is 24.8 Å². The zero-order valence-electron chi connectivity index (χ0n) is 22.3. The quantitative estimate of drug-likeness (QED) is 0.370. The van der Waals surface area contributed by atoms with Crippen molar-refractivity contribution in [2.45, 2.75) is 69.8 Å². The third-order valence-electron chi connectivity index (χ3n) is 7.79. The van der Waals surface area contributed by atoms with Crippen LogP contribution in [0.2, 0.25) is 0 Å². The van der Waals surface area contributed by atoms with E-state index in [4.69, 9.17) is 0 Å². The number of rotatable bonds is 11. The third-order valence-corrected chi connectivity index (χ3v) is 16.6. The van der Waals surface area contributed by atoms with Crippen molar-refractivity contribution >= 4 is 0 Å². The Morgan fingerprint density at radius 2 is 1.03 bits per heavy atom. The summed E-state index contributed by atoms with van der Waals surface area (Å²) in [7, 11) is 0. The van der Waals surface area contributed by atoms with Crippen LogP contribution in [0.5, 0.6) is 0 Å². The average Bonchev–Trinajstić information content (AvgIpc) is 3.53. The second-order valence-electron chi connectivity index (χ2n) is 10.3. The first-order chi connectivity index (χ1) is 16.6. The molecule has 0 aliphatic heterocycles. The second-order valence-corrected chi connectivity index (χ2v) is 16.7. The van der Waals surface area contributed by atoms with Crippen molar-refractivity contribution in [1.29, 1.82) is 0 Å². The monoisotopic (exact) mass is 597 g/mol. The molecule has 2 aliphatic carbocycles. The van der Waals surface area contributed by atoms with Crippen molar-refractivity contribution in [3.63, 3.8) is 0 Å². The van der Waals surface area contributed by atoms with Gasteiger partial charge in [-0.3, -0.25) is 0 Å². The zero-order chi connectivity index (χ0) is 23.9. The summed E-state index contributed by atoms with van der Waals surface area (Å²) < 4.78 is 4.26. The summed E-state index contributed by atoms with van der Waals surface area (Å²) in [5.41, 5.74) is 6.41. The fraction of sp³-hybridized carbons (Fsp3) is 0.394. The van der Waals surface area contributed by atoms with Crippen molar-refractivity contribution < 1.29 is 46.6 Å². The van der Waals surface area contributed by atoms with Gasteiger partial charge in [-0.2, -0.15) is 0 Å². The van der Waals surface area contributed by atoms with Gasteiger partial charge < -0.3 is 24.8 Å². The predicted molar refractivity (Wildman–Crippen MR) is 144 cm³/mol. The normalized spacial score (nSPS) is 16.2. The number of hydrogen-bond donors (Lipinski definition) is 0. The molecule has 3 heteroatoms. The molecule has 2 aromatic rings. The molecule has 36 heavy (non-hydrogen) atoms. The van der Waals surface area contributed by atoms with Crippen molar-refractivity contribution in [3.8, 4) is 0 Å². The van der Waals surface area contributed by atoms with Gasteiger partial charge in [-0.1, -0.05) is 0 Å². The van der Waals surface area contributed by atoms with Gasteiger partial charge in [0.15, 0.2) is 0 Å². The first-order valence-electron chi connectivity index (χ1n) is 13.4. The Kier molecular flexibility index (Phi) is 13.2. The topological polar surface area (TPSA) is 0 Å². The Morgan fingerprint density at radius 1 is 0.639 bits per heavy atom. The summed E-state index contributed by atoms with van der Waals surface area (Å²) >= 11 is -2.33. The SMILES string of the molecule is CCC(C)CC1=[C]([Zr+2]([C]2=C(CC(C)CC)C=CC2)[CH](c2ccccc2)c2ccccc2)CC=C1.[Cl-].[Cl-]. The summed E-state index contributed by atoms with van der Waals surface area (Å²) in [4.78, 5) is 0. The van der Waals surface area contributed by atoms with Crippen molar-refractivity contribution in [2.75, 3.05) is 0 Å². The minimum absolute atomic E-state index is 0. The molecule has 4 rings (SSSR count). The minimum Gasteiger partial charge on any atom is -1.00 e. The molecule has 0 saturated heterocycles. The molecular weight excluding hydrogens is 558 g/mol. The Hall–Kier alpha value is -1.14. The maximum absolute atomic E-state index is 2.49. The summed E-state index contributed by atoms with van der Waals surface area (Å²) in [5.74, 6) is 1.50. The molecular formula is C33H41Cl2Zr. The van der Waals surface area contributed by atoms with Gasteiger partial charge in [0.1, 0.15) is 0 Å². The minimum atomic E-state index is -2.33. The number of halogens is 2. The molecule has 2 atom stereocenters. The summed E-state index contributed by atoms with van der Waals surface area (Å²) in [5, 5.41) is 0. The molecule has 0 nitrogen and oxygen atoms in total. The molecule has 0 saturated carbocycles. The smallest absolute Gasteiger partial charge is 1.00 e. The largest absolute Gasteiger partial charge is 1.00 e. The molecule has 0 aromatic heterocycles. The number of allylic oxidation sites excluding steroid dienone is 8. The number of hydrogen-bond acceptors (Lipinski definition) is 0. The van der Waals surface area contributed by atoms with Gasteiger partial charge in [0.05, 0.1) is 0 Å². The molecule has 2 aliphatic rings. The van der Waals surface area contributed by atoms with E-state index < -0.39 is 21.8 Å². The maximum Gasteiger partial charge on any atom is -1.00 e. The first kappa shape index (κ1) is 31.1. The van der Waals surface area contributed by atoms with Gasteiger partial charge in [0, 0.05) is 0 Å². The van der Waals surface area contributed by atoms with Crippen LogP contribution in [0.3, 0.4) is 0 Å². The van der Waals surface area contributed by atoms with Crippen LogP contribution in [0.25, 0.3) is 0 Å². The zero-order valence-corrected chi connectivity index (χ0v) is 26.3. The molecule has 0 bridgehead atoms. The Morgan fingerprint density at radius 3 is 1.39 bits per heavy atom. The van der Waals surface area contributed by atoms with Crippen LogP contribution in [0.4, 0.5) is 0 Å². The molecule has 2 aromatic carbocycles. The predicted octanol–water partition coefficient (Wildman–Crippen LogP) is 3.70. The fourth-order valence-corrected chi connectivity index (χ4v) is 14.9. The summed E-state index contributed by atoms with van der Waals surface area (Å²) in [6, 6.07) is 22.9. The summed E-state index contributed by atoms with van der Waals surface area (Å²) in [6.07, 6.45) is 17.3. The van der Waals surface area contributed by atoms with Gasteiger partial charge in [-0.15, -0.1) is 0 Å². The van der Waals surface area contributed by atoms with Crippen LogP contribution in [-0.2, 0) is 21.8 Å². The van der Waals surface area contributed by atoms with Crippen LogP contribution in [-0.4, -0.2) is 0 Å². The molecule has 0 spiro atoms. The fourth-order valence-electron chi connectivity index (χ4n) is 5.44. The Labute approximate surface area is 240 Å². The van der Waals surface area contributed by atoms with E-state index in [0.717, 1.165) is 11.8 Å². The van der Waals surface area contributed by atoms with Crippen molar-refractivity contribution in [2.24, 2.45) is 11.8 Å². The maximum atomic E-state index is 2.49. The summed E-state index contributed by atoms with van der Waals surface area (Å²) in [6.45, 7) is 9.54. The van der Waals surface area contributed by atoms with Crippen LogP contribution in [0, 0.1) is 11.8 Å². The molecule has 0 heterocycles. The first-order valence-corrected chi connectivity index (χ1v) is 17.2. The van der Waals surface area contributed by atoms with Gasteiger partial charge >= 0.3 is 217 Å². The van der Waals surface area contributed by atoms with E-state index >= 15 is 0 Å². The molecule has 0 fully saturated rings. The van der Waals surface area contributed by atoms with Gasteiger partial charge in [0.25, 0.3) is 0 Å². The van der Waals surface area contributed by atoms with Crippen molar-refractivity contribution in [1.82, 2.24) is 0 Å². The van der Waals surface area contributed by atoms with Crippen LogP contribution >= 0.6 is 0 Å².